The van der Waals surface area contributed by atoms with Gasteiger partial charge in [-0.1, -0.05) is 29.5 Å². The van der Waals surface area contributed by atoms with Crippen molar-refractivity contribution in [3.63, 3.8) is 0 Å². The molecule has 0 N–H and O–H groups in total. The summed E-state index contributed by atoms with van der Waals surface area (Å²) in [7, 11) is 1.32. The zero-order valence-corrected chi connectivity index (χ0v) is 18.4. The Bertz CT molecular complexity index is 1330. The van der Waals surface area contributed by atoms with E-state index in [1.54, 1.807) is 31.4 Å². The molecule has 0 spiro atoms. The Morgan fingerprint density at radius 2 is 2.03 bits per heavy atom. The van der Waals surface area contributed by atoms with Gasteiger partial charge in [0.25, 0.3) is 5.56 Å². The highest BCUT2D eigenvalue weighted by Crippen LogP contribution is 2.36. The van der Waals surface area contributed by atoms with E-state index in [0.29, 0.717) is 37.7 Å². The number of furan rings is 1. The smallest absolute Gasteiger partial charge is 0.338 e. The van der Waals surface area contributed by atoms with Crippen molar-refractivity contribution in [3.05, 3.63) is 84.9 Å². The summed E-state index contributed by atoms with van der Waals surface area (Å²) in [6.07, 6.45) is 3.14. The molecule has 3 aromatic rings. The summed E-state index contributed by atoms with van der Waals surface area (Å²) in [4.78, 5) is 31.2. The topological polar surface area (TPSA) is 83.0 Å². The van der Waals surface area contributed by atoms with Crippen LogP contribution in [0.5, 0.6) is 5.75 Å². The SMILES string of the molecule is COC(=O)C1=C(C)N=c2s/c(=C\c3ccco3)c(=O)n2[C@@H]1c1ccccc1OC(C)C. The molecule has 1 aliphatic heterocycles. The van der Waals surface area contributed by atoms with E-state index in [1.807, 2.05) is 38.1 Å². The van der Waals surface area contributed by atoms with Gasteiger partial charge in [-0.2, -0.15) is 0 Å². The van der Waals surface area contributed by atoms with Crippen LogP contribution in [-0.2, 0) is 9.53 Å². The number of para-hydroxylation sites is 1. The number of esters is 1. The van der Waals surface area contributed by atoms with Crippen molar-refractivity contribution in [2.45, 2.75) is 32.9 Å². The van der Waals surface area contributed by atoms with E-state index in [4.69, 9.17) is 13.9 Å². The molecule has 1 aromatic carbocycles. The second kappa shape index (κ2) is 8.39. The molecule has 0 saturated carbocycles. The molecule has 1 atom stereocenters. The number of hydrogen-bond acceptors (Lipinski definition) is 7. The number of allylic oxidation sites excluding steroid dienone is 1. The van der Waals surface area contributed by atoms with Crippen LogP contribution < -0.4 is 19.6 Å². The largest absolute Gasteiger partial charge is 0.491 e. The summed E-state index contributed by atoms with van der Waals surface area (Å²) in [6.45, 7) is 5.59. The van der Waals surface area contributed by atoms with Gasteiger partial charge >= 0.3 is 5.97 Å². The van der Waals surface area contributed by atoms with Gasteiger partial charge in [-0.25, -0.2) is 9.79 Å². The third-order valence-corrected chi connectivity index (χ3v) is 5.80. The number of aromatic nitrogens is 1. The van der Waals surface area contributed by atoms with Gasteiger partial charge in [0, 0.05) is 11.6 Å². The highest BCUT2D eigenvalue weighted by atomic mass is 32.1. The summed E-state index contributed by atoms with van der Waals surface area (Å²) >= 11 is 1.24. The van der Waals surface area contributed by atoms with Gasteiger partial charge in [0.15, 0.2) is 4.80 Å². The molecule has 2 aromatic heterocycles. The molecule has 0 aliphatic carbocycles. The summed E-state index contributed by atoms with van der Waals surface area (Å²) < 4.78 is 18.4. The quantitative estimate of drug-likeness (QED) is 0.572. The predicted molar refractivity (Wildman–Crippen MR) is 117 cm³/mol. The normalized spacial score (nSPS) is 16.3. The molecule has 0 radical (unpaired) electrons. The van der Waals surface area contributed by atoms with E-state index in [-0.39, 0.29) is 11.7 Å². The molecule has 7 nitrogen and oxygen atoms in total. The van der Waals surface area contributed by atoms with Crippen molar-refractivity contribution in [2.24, 2.45) is 4.99 Å². The lowest BCUT2D eigenvalue weighted by atomic mass is 9.95. The fraction of sp³-hybridized carbons (Fsp3) is 0.261. The molecule has 0 bridgehead atoms. The van der Waals surface area contributed by atoms with Crippen molar-refractivity contribution < 1.29 is 18.7 Å². The zero-order valence-electron chi connectivity index (χ0n) is 17.6. The summed E-state index contributed by atoms with van der Waals surface area (Å²) in [6, 6.07) is 10.2. The number of thiazole rings is 1. The minimum atomic E-state index is -0.725. The number of carbonyl (C=O) groups is 1. The van der Waals surface area contributed by atoms with Crippen LogP contribution in [-0.4, -0.2) is 23.8 Å². The maximum atomic E-state index is 13.4. The van der Waals surface area contributed by atoms with E-state index < -0.39 is 12.0 Å². The predicted octanol–water partition coefficient (Wildman–Crippen LogP) is 2.79. The lowest BCUT2D eigenvalue weighted by Gasteiger charge is -2.26. The molecule has 0 fully saturated rings. The van der Waals surface area contributed by atoms with E-state index in [2.05, 4.69) is 4.99 Å². The Hall–Kier alpha value is -3.39. The summed E-state index contributed by atoms with van der Waals surface area (Å²) in [5.74, 6) is 0.624. The summed E-state index contributed by atoms with van der Waals surface area (Å²) in [5.41, 5.74) is 1.23. The van der Waals surface area contributed by atoms with Crippen LogP contribution in [0.1, 0.15) is 38.1 Å². The lowest BCUT2D eigenvalue weighted by molar-refractivity contribution is -0.136. The van der Waals surface area contributed by atoms with E-state index in [1.165, 1.54) is 23.0 Å². The van der Waals surface area contributed by atoms with Crippen molar-refractivity contribution in [2.75, 3.05) is 7.11 Å². The fourth-order valence-corrected chi connectivity index (χ4v) is 4.58. The molecule has 160 valence electrons. The minimum Gasteiger partial charge on any atom is -0.491 e. The van der Waals surface area contributed by atoms with Crippen molar-refractivity contribution in [1.82, 2.24) is 4.57 Å². The number of carbonyl (C=O) groups excluding carboxylic acids is 1. The average Bonchev–Trinajstić information content (AvgIpc) is 3.35. The first-order valence-electron chi connectivity index (χ1n) is 9.80. The van der Waals surface area contributed by atoms with Crippen LogP contribution in [0.3, 0.4) is 0 Å². The first kappa shape index (κ1) is 20.9. The Labute approximate surface area is 182 Å². The molecule has 0 unspecified atom stereocenters. The van der Waals surface area contributed by atoms with Gasteiger partial charge in [0.1, 0.15) is 17.6 Å². The van der Waals surface area contributed by atoms with Crippen molar-refractivity contribution >= 4 is 23.4 Å². The van der Waals surface area contributed by atoms with Gasteiger partial charge in [0.05, 0.1) is 35.3 Å². The standard InChI is InChI=1S/C23H22N2O5S/c1-13(2)30-17-10-6-5-9-16(17)20-19(22(27)28-4)14(3)24-23-25(20)21(26)18(31-23)12-15-8-7-11-29-15/h5-13,20H,1-4H3/b18-12-/t20-/m1/s1. The molecule has 1 aliphatic rings. The lowest BCUT2D eigenvalue weighted by Crippen LogP contribution is -2.40. The van der Waals surface area contributed by atoms with Crippen LogP contribution in [0.2, 0.25) is 0 Å². The maximum Gasteiger partial charge on any atom is 0.338 e. The Kier molecular flexibility index (Phi) is 5.65. The number of rotatable bonds is 5. The van der Waals surface area contributed by atoms with Crippen LogP contribution >= 0.6 is 11.3 Å². The second-order valence-electron chi connectivity index (χ2n) is 7.29. The molecule has 0 amide bonds. The molecular weight excluding hydrogens is 416 g/mol. The van der Waals surface area contributed by atoms with E-state index >= 15 is 0 Å². The van der Waals surface area contributed by atoms with Gasteiger partial charge in [-0.15, -0.1) is 0 Å². The van der Waals surface area contributed by atoms with Crippen LogP contribution in [0, 0.1) is 0 Å². The third kappa shape index (κ3) is 3.86. The highest BCUT2D eigenvalue weighted by molar-refractivity contribution is 7.07. The first-order chi connectivity index (χ1) is 14.9. The average molecular weight is 439 g/mol. The monoisotopic (exact) mass is 438 g/mol. The number of fused-ring (bicyclic) bond motifs is 1. The Morgan fingerprint density at radius 3 is 2.71 bits per heavy atom. The fourth-order valence-electron chi connectivity index (χ4n) is 3.56. The number of ether oxygens (including phenoxy) is 2. The minimum absolute atomic E-state index is 0.0809. The van der Waals surface area contributed by atoms with E-state index in [9.17, 15) is 9.59 Å². The molecule has 3 heterocycles. The molecule has 8 heteroatoms. The molecule has 31 heavy (non-hydrogen) atoms. The number of methoxy groups -OCH3 is 1. The van der Waals surface area contributed by atoms with Gasteiger partial charge in [-0.3, -0.25) is 9.36 Å². The van der Waals surface area contributed by atoms with Crippen molar-refractivity contribution in [3.8, 4) is 5.75 Å². The molecule has 4 rings (SSSR count). The summed E-state index contributed by atoms with van der Waals surface area (Å²) in [5, 5.41) is 0. The highest BCUT2D eigenvalue weighted by Gasteiger charge is 2.34. The first-order valence-corrected chi connectivity index (χ1v) is 10.6. The van der Waals surface area contributed by atoms with Crippen LogP contribution in [0.25, 0.3) is 6.08 Å². The van der Waals surface area contributed by atoms with Gasteiger partial charge in [0.2, 0.25) is 0 Å². The molecular formula is C23H22N2O5S. The molecule has 0 saturated heterocycles. The number of nitrogens with zero attached hydrogens (tertiary/aromatic N) is 2. The van der Waals surface area contributed by atoms with Gasteiger partial charge in [-0.05, 0) is 39.0 Å². The van der Waals surface area contributed by atoms with Crippen molar-refractivity contribution in [1.29, 1.82) is 0 Å². The van der Waals surface area contributed by atoms with E-state index in [0.717, 1.165) is 0 Å². The number of hydrogen-bond donors (Lipinski definition) is 0. The van der Waals surface area contributed by atoms with Crippen LogP contribution in [0.4, 0.5) is 0 Å². The Morgan fingerprint density at radius 1 is 1.26 bits per heavy atom. The van der Waals surface area contributed by atoms with Gasteiger partial charge < -0.3 is 13.9 Å². The van der Waals surface area contributed by atoms with Crippen LogP contribution in [0.15, 0.2) is 68.1 Å². The second-order valence-corrected chi connectivity index (χ2v) is 8.30. The number of benzene rings is 1. The zero-order chi connectivity index (χ0) is 22.1. The maximum absolute atomic E-state index is 13.4. The third-order valence-electron chi connectivity index (χ3n) is 4.82. The Balaban J connectivity index is 2.01.